The molecule has 0 saturated carbocycles. The molecule has 1 heterocycles. The van der Waals surface area contributed by atoms with Crippen molar-refractivity contribution in [2.45, 2.75) is 18.9 Å². The van der Waals surface area contributed by atoms with Gasteiger partial charge in [0, 0.05) is 12.0 Å². The normalized spacial score (nSPS) is 18.6. The van der Waals surface area contributed by atoms with E-state index in [1.54, 1.807) is 12.1 Å². The van der Waals surface area contributed by atoms with Crippen molar-refractivity contribution in [3.8, 4) is 0 Å². The van der Waals surface area contributed by atoms with E-state index >= 15 is 0 Å². The fourth-order valence-corrected chi connectivity index (χ4v) is 1.63. The first kappa shape index (κ1) is 11.6. The van der Waals surface area contributed by atoms with E-state index < -0.39 is 5.97 Å². The maximum Gasteiger partial charge on any atom is 0.303 e. The number of halogens is 1. The summed E-state index contributed by atoms with van der Waals surface area (Å²) in [6, 6.07) is 5.99. The summed E-state index contributed by atoms with van der Waals surface area (Å²) in [5.41, 5.74) is 0.586. The van der Waals surface area contributed by atoms with Crippen LogP contribution in [0.1, 0.15) is 18.4 Å². The molecule has 0 radical (unpaired) electrons. The van der Waals surface area contributed by atoms with Gasteiger partial charge in [0.25, 0.3) is 0 Å². The van der Waals surface area contributed by atoms with Gasteiger partial charge in [0.15, 0.2) is 0 Å². The second kappa shape index (κ2) is 4.95. The SMILES string of the molecule is O=C(O)CCC1CN=C(c2cccc(F)c2)O1. The molecule has 0 amide bonds. The third-order valence-electron chi connectivity index (χ3n) is 2.47. The maximum absolute atomic E-state index is 13.0. The highest BCUT2D eigenvalue weighted by molar-refractivity contribution is 5.95. The molecular weight excluding hydrogens is 225 g/mol. The summed E-state index contributed by atoms with van der Waals surface area (Å²) in [7, 11) is 0. The zero-order valence-corrected chi connectivity index (χ0v) is 9.10. The largest absolute Gasteiger partial charge is 0.481 e. The minimum atomic E-state index is -0.854. The van der Waals surface area contributed by atoms with E-state index in [-0.39, 0.29) is 18.3 Å². The first-order valence-corrected chi connectivity index (χ1v) is 5.34. The number of carboxylic acids is 1. The molecule has 17 heavy (non-hydrogen) atoms. The van der Waals surface area contributed by atoms with Gasteiger partial charge < -0.3 is 9.84 Å². The van der Waals surface area contributed by atoms with Gasteiger partial charge in [0.05, 0.1) is 6.54 Å². The molecule has 0 spiro atoms. The Morgan fingerprint density at radius 1 is 1.59 bits per heavy atom. The number of benzene rings is 1. The van der Waals surface area contributed by atoms with Crippen LogP contribution in [0.25, 0.3) is 0 Å². The molecule has 1 aliphatic rings. The lowest BCUT2D eigenvalue weighted by molar-refractivity contribution is -0.137. The molecule has 0 aromatic heterocycles. The van der Waals surface area contributed by atoms with E-state index in [9.17, 15) is 9.18 Å². The van der Waals surface area contributed by atoms with Crippen LogP contribution in [0, 0.1) is 5.82 Å². The van der Waals surface area contributed by atoms with Gasteiger partial charge in [-0.3, -0.25) is 4.79 Å². The molecule has 1 unspecified atom stereocenters. The van der Waals surface area contributed by atoms with Crippen molar-refractivity contribution in [3.05, 3.63) is 35.6 Å². The highest BCUT2D eigenvalue weighted by Gasteiger charge is 2.21. The molecule has 0 bridgehead atoms. The Balaban J connectivity index is 1.95. The lowest BCUT2D eigenvalue weighted by Crippen LogP contribution is -2.15. The van der Waals surface area contributed by atoms with Crippen LogP contribution in [0.3, 0.4) is 0 Å². The molecule has 1 aromatic rings. The van der Waals surface area contributed by atoms with Crippen molar-refractivity contribution in [3.63, 3.8) is 0 Å². The van der Waals surface area contributed by atoms with Gasteiger partial charge in [-0.1, -0.05) is 6.07 Å². The molecule has 5 heteroatoms. The van der Waals surface area contributed by atoms with Crippen molar-refractivity contribution in [2.24, 2.45) is 4.99 Å². The van der Waals surface area contributed by atoms with Crippen molar-refractivity contribution in [2.75, 3.05) is 6.54 Å². The first-order valence-electron chi connectivity index (χ1n) is 5.34. The van der Waals surface area contributed by atoms with Gasteiger partial charge >= 0.3 is 5.97 Å². The number of hydrogen-bond donors (Lipinski definition) is 1. The van der Waals surface area contributed by atoms with E-state index in [1.165, 1.54) is 12.1 Å². The Hall–Kier alpha value is -1.91. The molecule has 2 rings (SSSR count). The molecule has 1 atom stereocenters. The van der Waals surface area contributed by atoms with E-state index in [1.807, 2.05) is 0 Å². The number of hydrogen-bond acceptors (Lipinski definition) is 3. The molecule has 90 valence electrons. The van der Waals surface area contributed by atoms with Crippen LogP contribution in [-0.4, -0.2) is 29.6 Å². The van der Waals surface area contributed by atoms with Gasteiger partial charge in [-0.25, -0.2) is 9.38 Å². The minimum absolute atomic E-state index is 0.0522. The monoisotopic (exact) mass is 237 g/mol. The summed E-state index contributed by atoms with van der Waals surface area (Å²) in [6.07, 6.45) is 0.248. The number of carboxylic acid groups (broad SMARTS) is 1. The minimum Gasteiger partial charge on any atom is -0.481 e. The molecule has 1 aromatic carbocycles. The molecule has 0 fully saturated rings. The summed E-state index contributed by atoms with van der Waals surface area (Å²) in [5, 5.41) is 8.55. The topological polar surface area (TPSA) is 58.9 Å². The van der Waals surface area contributed by atoms with Crippen molar-refractivity contribution < 1.29 is 19.0 Å². The number of nitrogens with zero attached hydrogens (tertiary/aromatic N) is 1. The zero-order valence-electron chi connectivity index (χ0n) is 9.10. The smallest absolute Gasteiger partial charge is 0.303 e. The predicted octanol–water partition coefficient (Wildman–Crippen LogP) is 1.84. The highest BCUT2D eigenvalue weighted by Crippen LogP contribution is 2.16. The number of carbonyl (C=O) groups is 1. The Bertz CT molecular complexity index is 459. The Morgan fingerprint density at radius 2 is 2.41 bits per heavy atom. The van der Waals surface area contributed by atoms with E-state index in [0.29, 0.717) is 24.4 Å². The zero-order chi connectivity index (χ0) is 12.3. The Kier molecular flexibility index (Phi) is 3.37. The maximum atomic E-state index is 13.0. The summed E-state index contributed by atoms with van der Waals surface area (Å²) in [4.78, 5) is 14.6. The molecule has 0 aliphatic carbocycles. The number of aliphatic carboxylic acids is 1. The van der Waals surface area contributed by atoms with Crippen LogP contribution in [0.4, 0.5) is 4.39 Å². The lowest BCUT2D eigenvalue weighted by atomic mass is 10.2. The second-order valence-electron chi connectivity index (χ2n) is 3.83. The molecular formula is C12H12FNO3. The highest BCUT2D eigenvalue weighted by atomic mass is 19.1. The van der Waals surface area contributed by atoms with Crippen LogP contribution in [-0.2, 0) is 9.53 Å². The number of rotatable bonds is 4. The first-order chi connectivity index (χ1) is 8.15. The van der Waals surface area contributed by atoms with Crippen LogP contribution < -0.4 is 0 Å². The summed E-state index contributed by atoms with van der Waals surface area (Å²) in [6.45, 7) is 0.430. The fourth-order valence-electron chi connectivity index (χ4n) is 1.63. The van der Waals surface area contributed by atoms with Gasteiger partial charge in [0.1, 0.15) is 11.9 Å². The third kappa shape index (κ3) is 3.03. The van der Waals surface area contributed by atoms with E-state index in [2.05, 4.69) is 4.99 Å². The average molecular weight is 237 g/mol. The third-order valence-corrected chi connectivity index (χ3v) is 2.47. The second-order valence-corrected chi connectivity index (χ2v) is 3.83. The predicted molar refractivity (Wildman–Crippen MR) is 59.5 cm³/mol. The lowest BCUT2D eigenvalue weighted by Gasteiger charge is -2.09. The summed E-state index contributed by atoms with van der Waals surface area (Å²) in [5.74, 6) is -0.810. The molecule has 1 N–H and O–H groups in total. The van der Waals surface area contributed by atoms with Crippen molar-refractivity contribution >= 4 is 11.9 Å². The molecule has 0 saturated heterocycles. The number of ether oxygens (including phenoxy) is 1. The van der Waals surface area contributed by atoms with Crippen LogP contribution in [0.2, 0.25) is 0 Å². The fraction of sp³-hybridized carbons (Fsp3) is 0.333. The van der Waals surface area contributed by atoms with Crippen LogP contribution in [0.5, 0.6) is 0 Å². The molecule has 4 nitrogen and oxygen atoms in total. The summed E-state index contributed by atoms with van der Waals surface area (Å²) >= 11 is 0. The quantitative estimate of drug-likeness (QED) is 0.869. The Labute approximate surface area is 97.7 Å². The van der Waals surface area contributed by atoms with Crippen molar-refractivity contribution in [1.29, 1.82) is 0 Å². The van der Waals surface area contributed by atoms with E-state index in [0.717, 1.165) is 0 Å². The van der Waals surface area contributed by atoms with Gasteiger partial charge in [-0.05, 0) is 24.6 Å². The standard InChI is InChI=1S/C12H12FNO3/c13-9-3-1-2-8(6-9)12-14-7-10(17-12)4-5-11(15)16/h1-3,6,10H,4-5,7H2,(H,15,16). The van der Waals surface area contributed by atoms with Gasteiger partial charge in [-0.2, -0.15) is 0 Å². The van der Waals surface area contributed by atoms with Crippen LogP contribution in [0.15, 0.2) is 29.3 Å². The summed E-state index contributed by atoms with van der Waals surface area (Å²) < 4.78 is 18.5. The van der Waals surface area contributed by atoms with Gasteiger partial charge in [-0.15, -0.1) is 0 Å². The van der Waals surface area contributed by atoms with Crippen molar-refractivity contribution in [1.82, 2.24) is 0 Å². The van der Waals surface area contributed by atoms with Gasteiger partial charge in [0.2, 0.25) is 5.90 Å². The molecule has 1 aliphatic heterocycles. The number of aliphatic imine (C=N–C) groups is 1. The Morgan fingerprint density at radius 3 is 3.12 bits per heavy atom. The van der Waals surface area contributed by atoms with Crippen LogP contribution >= 0.6 is 0 Å². The van der Waals surface area contributed by atoms with E-state index in [4.69, 9.17) is 9.84 Å². The average Bonchev–Trinajstić information content (AvgIpc) is 2.75.